The Morgan fingerprint density at radius 3 is 2.54 bits per heavy atom. The van der Waals surface area contributed by atoms with E-state index >= 15 is 0 Å². The molecule has 1 aromatic carbocycles. The van der Waals surface area contributed by atoms with Crippen molar-refractivity contribution >= 4 is 17.8 Å². The van der Waals surface area contributed by atoms with Gasteiger partial charge in [-0.05, 0) is 44.5 Å². The molecule has 24 heavy (non-hydrogen) atoms. The number of nitrogens with zero attached hydrogens (tertiary/aromatic N) is 3. The highest BCUT2D eigenvalue weighted by molar-refractivity contribution is 6.32. The van der Waals surface area contributed by atoms with E-state index in [1.165, 1.54) is 0 Å². The summed E-state index contributed by atoms with van der Waals surface area (Å²) in [6.07, 6.45) is 5.00. The molecule has 0 saturated carbocycles. The van der Waals surface area contributed by atoms with Crippen LogP contribution in [0.2, 0.25) is 0 Å². The highest BCUT2D eigenvalue weighted by Gasteiger charge is 2.36. The second kappa shape index (κ2) is 5.50. The van der Waals surface area contributed by atoms with Gasteiger partial charge < -0.3 is 4.98 Å². The van der Waals surface area contributed by atoms with Crippen LogP contribution >= 0.6 is 11.6 Å². The summed E-state index contributed by atoms with van der Waals surface area (Å²) in [7, 11) is 0. The van der Waals surface area contributed by atoms with Crippen LogP contribution in [0.25, 0.3) is 5.69 Å². The Labute approximate surface area is 144 Å². The second-order valence-corrected chi connectivity index (χ2v) is 6.87. The van der Waals surface area contributed by atoms with Gasteiger partial charge in [0.25, 0.3) is 0 Å². The van der Waals surface area contributed by atoms with Crippen LogP contribution in [0.15, 0.2) is 51.4 Å². The summed E-state index contributed by atoms with van der Waals surface area (Å²) < 4.78 is 1.56. The zero-order valence-electron chi connectivity index (χ0n) is 13.7. The summed E-state index contributed by atoms with van der Waals surface area (Å²) >= 11 is 6.30. The van der Waals surface area contributed by atoms with E-state index in [-0.39, 0.29) is 5.69 Å². The number of aromatic amines is 1. The Bertz CT molecular complexity index is 941. The lowest BCUT2D eigenvalue weighted by atomic mass is 9.86. The first kappa shape index (κ1) is 16.3. The third-order valence-corrected chi connectivity index (χ3v) is 4.91. The number of imidazole rings is 1. The Kier molecular flexibility index (Phi) is 3.73. The fraction of sp³-hybridized carbons (Fsp3) is 0.278. The molecule has 1 atom stereocenters. The Balaban J connectivity index is 2.11. The molecule has 0 aliphatic carbocycles. The Hall–Kier alpha value is -2.58. The van der Waals surface area contributed by atoms with E-state index in [0.29, 0.717) is 16.4 Å². The zero-order chi connectivity index (χ0) is 17.5. The average molecular weight is 341 g/mol. The third kappa shape index (κ3) is 2.40. The van der Waals surface area contributed by atoms with E-state index in [1.54, 1.807) is 23.1 Å². The van der Waals surface area contributed by atoms with Crippen molar-refractivity contribution in [3.05, 3.63) is 63.3 Å². The fourth-order valence-electron chi connectivity index (χ4n) is 2.74. The molecule has 1 N–H and O–H groups in total. The van der Waals surface area contributed by atoms with Gasteiger partial charge in [0.1, 0.15) is 5.54 Å². The molecule has 2 aromatic rings. The number of benzene rings is 1. The SMILES string of the molecule is CC(C)(C#N)c1ccc(-n2c(C3(C)N=CC=C3Cl)c[nH]c2=O)cc1. The van der Waals surface area contributed by atoms with Gasteiger partial charge in [0.2, 0.25) is 0 Å². The molecule has 1 unspecified atom stereocenters. The quantitative estimate of drug-likeness (QED) is 0.930. The monoisotopic (exact) mass is 340 g/mol. The van der Waals surface area contributed by atoms with Gasteiger partial charge in [-0.3, -0.25) is 9.56 Å². The van der Waals surface area contributed by atoms with Crippen molar-refractivity contribution in [1.82, 2.24) is 9.55 Å². The van der Waals surface area contributed by atoms with Crippen LogP contribution in [0.4, 0.5) is 0 Å². The van der Waals surface area contributed by atoms with E-state index in [9.17, 15) is 10.1 Å². The number of hydrogen-bond donors (Lipinski definition) is 1. The lowest BCUT2D eigenvalue weighted by Crippen LogP contribution is -2.26. The van der Waals surface area contributed by atoms with Gasteiger partial charge >= 0.3 is 5.69 Å². The van der Waals surface area contributed by atoms with Crippen molar-refractivity contribution in [2.24, 2.45) is 4.99 Å². The van der Waals surface area contributed by atoms with Gasteiger partial charge in [-0.1, -0.05) is 23.7 Å². The van der Waals surface area contributed by atoms with Crippen molar-refractivity contribution in [3.8, 4) is 11.8 Å². The van der Waals surface area contributed by atoms with Crippen LogP contribution in [-0.4, -0.2) is 15.8 Å². The van der Waals surface area contributed by atoms with Crippen LogP contribution in [0.3, 0.4) is 0 Å². The molecule has 1 aliphatic heterocycles. The maximum Gasteiger partial charge on any atom is 0.330 e. The van der Waals surface area contributed by atoms with Crippen LogP contribution in [0.5, 0.6) is 0 Å². The minimum absolute atomic E-state index is 0.259. The lowest BCUT2D eigenvalue weighted by molar-refractivity contribution is 0.593. The molecular weight excluding hydrogens is 324 g/mol. The summed E-state index contributed by atoms with van der Waals surface area (Å²) in [5.74, 6) is 0. The summed E-state index contributed by atoms with van der Waals surface area (Å²) in [5.41, 5.74) is 0.618. The van der Waals surface area contributed by atoms with Crippen molar-refractivity contribution in [1.29, 1.82) is 5.26 Å². The van der Waals surface area contributed by atoms with Gasteiger partial charge in [-0.25, -0.2) is 4.79 Å². The molecule has 1 aromatic heterocycles. The van der Waals surface area contributed by atoms with Crippen LogP contribution in [0, 0.1) is 11.3 Å². The Morgan fingerprint density at radius 2 is 2.00 bits per heavy atom. The molecule has 5 nitrogen and oxygen atoms in total. The number of rotatable bonds is 3. The zero-order valence-corrected chi connectivity index (χ0v) is 14.4. The Morgan fingerprint density at radius 1 is 1.33 bits per heavy atom. The number of hydrogen-bond acceptors (Lipinski definition) is 3. The molecule has 0 saturated heterocycles. The topological polar surface area (TPSA) is 73.9 Å². The highest BCUT2D eigenvalue weighted by Crippen LogP contribution is 2.38. The first-order valence-corrected chi connectivity index (χ1v) is 7.92. The molecule has 0 spiro atoms. The maximum atomic E-state index is 12.3. The molecule has 0 amide bonds. The van der Waals surface area contributed by atoms with Crippen molar-refractivity contribution < 1.29 is 0 Å². The molecule has 6 heteroatoms. The standard InChI is InChI=1S/C18H17ClN4O/c1-17(2,11-20)12-4-6-13(7-5-12)23-15(10-21-16(23)24)18(3)14(19)8-9-22-18/h4-10H,1-3H3,(H,21,24). The first-order valence-electron chi connectivity index (χ1n) is 7.54. The van der Waals surface area contributed by atoms with Crippen LogP contribution in [0.1, 0.15) is 32.0 Å². The van der Waals surface area contributed by atoms with Gasteiger partial charge in [0, 0.05) is 12.4 Å². The number of H-pyrrole nitrogens is 1. The predicted octanol–water partition coefficient (Wildman–Crippen LogP) is 3.39. The van der Waals surface area contributed by atoms with Crippen molar-refractivity contribution in [3.63, 3.8) is 0 Å². The second-order valence-electron chi connectivity index (χ2n) is 6.46. The number of allylic oxidation sites excluding steroid dienone is 1. The molecule has 2 heterocycles. The summed E-state index contributed by atoms with van der Waals surface area (Å²) in [4.78, 5) is 19.5. The minimum atomic E-state index is -0.786. The van der Waals surface area contributed by atoms with Crippen LogP contribution < -0.4 is 5.69 Å². The lowest BCUT2D eigenvalue weighted by Gasteiger charge is -2.23. The highest BCUT2D eigenvalue weighted by atomic mass is 35.5. The molecular formula is C18H17ClN4O. The van der Waals surface area contributed by atoms with E-state index < -0.39 is 11.0 Å². The number of nitrogens with one attached hydrogen (secondary N) is 1. The maximum absolute atomic E-state index is 12.3. The number of aliphatic imine (C=N–C) groups is 1. The number of halogens is 1. The van der Waals surface area contributed by atoms with Gasteiger partial charge in [0.05, 0.1) is 27.9 Å². The fourth-order valence-corrected chi connectivity index (χ4v) is 2.94. The van der Waals surface area contributed by atoms with Crippen molar-refractivity contribution in [2.75, 3.05) is 0 Å². The molecule has 0 radical (unpaired) electrons. The molecule has 3 rings (SSSR count). The summed E-state index contributed by atoms with van der Waals surface area (Å²) in [6.45, 7) is 5.57. The molecule has 1 aliphatic rings. The molecule has 0 bridgehead atoms. The predicted molar refractivity (Wildman–Crippen MR) is 94.8 cm³/mol. The largest absolute Gasteiger partial charge is 0.330 e. The van der Waals surface area contributed by atoms with Gasteiger partial charge in [-0.15, -0.1) is 0 Å². The smallest absolute Gasteiger partial charge is 0.312 e. The van der Waals surface area contributed by atoms with Gasteiger partial charge in [0.15, 0.2) is 0 Å². The van der Waals surface area contributed by atoms with Gasteiger partial charge in [-0.2, -0.15) is 5.26 Å². The van der Waals surface area contributed by atoms with E-state index in [2.05, 4.69) is 16.0 Å². The number of nitriles is 1. The molecule has 0 fully saturated rings. The van der Waals surface area contributed by atoms with E-state index in [0.717, 1.165) is 5.56 Å². The molecule has 122 valence electrons. The number of aromatic nitrogens is 2. The van der Waals surface area contributed by atoms with Crippen LogP contribution in [-0.2, 0) is 11.0 Å². The third-order valence-electron chi connectivity index (χ3n) is 4.42. The first-order chi connectivity index (χ1) is 11.3. The van der Waals surface area contributed by atoms with E-state index in [1.807, 2.05) is 45.0 Å². The summed E-state index contributed by atoms with van der Waals surface area (Å²) in [5, 5.41) is 9.80. The average Bonchev–Trinajstić information content (AvgIpc) is 3.11. The summed E-state index contributed by atoms with van der Waals surface area (Å²) in [6, 6.07) is 9.65. The minimum Gasteiger partial charge on any atom is -0.312 e. The normalized spacial score (nSPS) is 20.0. The van der Waals surface area contributed by atoms with E-state index in [4.69, 9.17) is 11.6 Å². The van der Waals surface area contributed by atoms with Crippen molar-refractivity contribution in [2.45, 2.75) is 31.7 Å².